The van der Waals surface area contributed by atoms with E-state index < -0.39 is 5.97 Å². The van der Waals surface area contributed by atoms with Crippen LogP contribution in [-0.4, -0.2) is 27.3 Å². The van der Waals surface area contributed by atoms with E-state index in [2.05, 4.69) is 9.97 Å². The molecule has 0 spiro atoms. The number of aromatic carboxylic acids is 1. The van der Waals surface area contributed by atoms with Gasteiger partial charge in [0.05, 0.1) is 5.69 Å². The third kappa shape index (κ3) is 2.73. The molecule has 0 aliphatic heterocycles. The minimum Gasteiger partial charge on any atom is -0.478 e. The summed E-state index contributed by atoms with van der Waals surface area (Å²) in [5.41, 5.74) is 1.54. The van der Waals surface area contributed by atoms with Gasteiger partial charge < -0.3 is 5.11 Å². The lowest BCUT2D eigenvalue weighted by Gasteiger charge is -2.09. The van der Waals surface area contributed by atoms with Gasteiger partial charge in [0.2, 0.25) is 0 Å². The SMILES string of the molecule is CSc1ncc(C(=O)O)c(-c2ccc(F)cc2C)n1. The van der Waals surface area contributed by atoms with Crippen molar-refractivity contribution in [3.8, 4) is 11.3 Å². The summed E-state index contributed by atoms with van der Waals surface area (Å²) in [6, 6.07) is 4.17. The van der Waals surface area contributed by atoms with E-state index in [1.165, 1.54) is 36.2 Å². The van der Waals surface area contributed by atoms with Crippen molar-refractivity contribution in [3.05, 3.63) is 41.3 Å². The second kappa shape index (κ2) is 5.36. The summed E-state index contributed by atoms with van der Waals surface area (Å²) in [5.74, 6) is -1.47. The molecule has 0 saturated heterocycles. The highest BCUT2D eigenvalue weighted by molar-refractivity contribution is 7.98. The van der Waals surface area contributed by atoms with Gasteiger partial charge in [-0.1, -0.05) is 11.8 Å². The van der Waals surface area contributed by atoms with Crippen molar-refractivity contribution in [1.82, 2.24) is 9.97 Å². The zero-order valence-corrected chi connectivity index (χ0v) is 11.2. The number of nitrogens with zero attached hydrogens (tertiary/aromatic N) is 2. The van der Waals surface area contributed by atoms with E-state index in [4.69, 9.17) is 0 Å². The van der Waals surface area contributed by atoms with Gasteiger partial charge in [0, 0.05) is 11.8 Å². The molecule has 1 N–H and O–H groups in total. The van der Waals surface area contributed by atoms with Gasteiger partial charge in [-0.05, 0) is 36.9 Å². The van der Waals surface area contributed by atoms with Crippen LogP contribution in [0.25, 0.3) is 11.3 Å². The summed E-state index contributed by atoms with van der Waals surface area (Å²) in [7, 11) is 0. The summed E-state index contributed by atoms with van der Waals surface area (Å²) >= 11 is 1.32. The molecule has 0 bridgehead atoms. The molecule has 4 nitrogen and oxygen atoms in total. The van der Waals surface area contributed by atoms with E-state index >= 15 is 0 Å². The van der Waals surface area contributed by atoms with E-state index in [0.717, 1.165) is 0 Å². The number of halogens is 1. The Morgan fingerprint density at radius 3 is 2.74 bits per heavy atom. The maximum atomic E-state index is 13.1. The smallest absolute Gasteiger partial charge is 0.339 e. The third-order valence-corrected chi connectivity index (χ3v) is 3.19. The lowest BCUT2D eigenvalue weighted by molar-refractivity contribution is 0.0696. The van der Waals surface area contributed by atoms with Crippen LogP contribution in [-0.2, 0) is 0 Å². The molecule has 2 aromatic rings. The fourth-order valence-electron chi connectivity index (χ4n) is 1.72. The molecule has 98 valence electrons. The molecule has 0 radical (unpaired) electrons. The first-order chi connectivity index (χ1) is 9.02. The molecular formula is C13H11FN2O2S. The molecule has 0 aliphatic rings. The molecule has 19 heavy (non-hydrogen) atoms. The Morgan fingerprint density at radius 2 is 2.16 bits per heavy atom. The van der Waals surface area contributed by atoms with Crippen LogP contribution < -0.4 is 0 Å². The highest BCUT2D eigenvalue weighted by Gasteiger charge is 2.16. The minimum absolute atomic E-state index is 0.00695. The second-order valence-corrected chi connectivity index (χ2v) is 4.66. The molecule has 1 aromatic carbocycles. The van der Waals surface area contributed by atoms with Crippen molar-refractivity contribution in [3.63, 3.8) is 0 Å². The second-order valence-electron chi connectivity index (χ2n) is 3.88. The van der Waals surface area contributed by atoms with Crippen LogP contribution in [0, 0.1) is 12.7 Å². The zero-order chi connectivity index (χ0) is 14.0. The molecule has 0 atom stereocenters. The highest BCUT2D eigenvalue weighted by Crippen LogP contribution is 2.27. The molecular weight excluding hydrogens is 267 g/mol. The number of benzene rings is 1. The number of rotatable bonds is 3. The Morgan fingerprint density at radius 1 is 1.42 bits per heavy atom. The normalized spacial score (nSPS) is 10.5. The Bertz CT molecular complexity index is 647. The van der Waals surface area contributed by atoms with Crippen molar-refractivity contribution in [2.24, 2.45) is 0 Å². The highest BCUT2D eigenvalue weighted by atomic mass is 32.2. The Balaban J connectivity index is 2.68. The van der Waals surface area contributed by atoms with Crippen LogP contribution in [0.2, 0.25) is 0 Å². The third-order valence-electron chi connectivity index (χ3n) is 2.62. The lowest BCUT2D eigenvalue weighted by atomic mass is 10.0. The number of aromatic nitrogens is 2. The molecule has 0 aliphatic carbocycles. The van der Waals surface area contributed by atoms with E-state index in [1.807, 2.05) is 0 Å². The molecule has 0 saturated carbocycles. The number of aryl methyl sites for hydroxylation is 1. The van der Waals surface area contributed by atoms with Crippen LogP contribution in [0.15, 0.2) is 29.6 Å². The summed E-state index contributed by atoms with van der Waals surface area (Å²) in [4.78, 5) is 19.4. The number of carboxylic acids is 1. The predicted octanol–water partition coefficient (Wildman–Crippen LogP) is 3.01. The summed E-state index contributed by atoms with van der Waals surface area (Å²) in [6.45, 7) is 1.71. The van der Waals surface area contributed by atoms with Gasteiger partial charge in [-0.15, -0.1) is 0 Å². The number of carbonyl (C=O) groups is 1. The molecule has 1 aromatic heterocycles. The molecule has 2 rings (SSSR count). The largest absolute Gasteiger partial charge is 0.478 e. The van der Waals surface area contributed by atoms with Crippen molar-refractivity contribution in [2.45, 2.75) is 12.1 Å². The van der Waals surface area contributed by atoms with Gasteiger partial charge in [0.15, 0.2) is 5.16 Å². The van der Waals surface area contributed by atoms with Crippen LogP contribution in [0.5, 0.6) is 0 Å². The van der Waals surface area contributed by atoms with Crippen LogP contribution in [0.1, 0.15) is 15.9 Å². The minimum atomic E-state index is -1.11. The van der Waals surface area contributed by atoms with Crippen LogP contribution in [0.4, 0.5) is 4.39 Å². The van der Waals surface area contributed by atoms with E-state index in [1.54, 1.807) is 13.2 Å². The first-order valence-electron chi connectivity index (χ1n) is 5.43. The fourth-order valence-corrected chi connectivity index (χ4v) is 2.06. The topological polar surface area (TPSA) is 63.1 Å². The Kier molecular flexibility index (Phi) is 3.80. The van der Waals surface area contributed by atoms with Crippen LogP contribution in [0.3, 0.4) is 0 Å². The first-order valence-corrected chi connectivity index (χ1v) is 6.66. The van der Waals surface area contributed by atoms with Gasteiger partial charge in [0.1, 0.15) is 11.4 Å². The number of carboxylic acid groups (broad SMARTS) is 1. The van der Waals surface area contributed by atoms with Gasteiger partial charge in [-0.2, -0.15) is 0 Å². The quantitative estimate of drug-likeness (QED) is 0.690. The summed E-state index contributed by atoms with van der Waals surface area (Å²) < 4.78 is 13.1. The fraction of sp³-hybridized carbons (Fsp3) is 0.154. The molecule has 0 fully saturated rings. The van der Waals surface area contributed by atoms with Crippen molar-refractivity contribution in [2.75, 3.05) is 6.26 Å². The van der Waals surface area contributed by atoms with E-state index in [-0.39, 0.29) is 11.4 Å². The zero-order valence-electron chi connectivity index (χ0n) is 10.3. The summed E-state index contributed by atoms with van der Waals surface area (Å²) in [6.07, 6.45) is 3.08. The standard InChI is InChI=1S/C13H11FN2O2S/c1-7-5-8(14)3-4-9(7)11-10(12(17)18)6-15-13(16-11)19-2/h3-6H,1-2H3,(H,17,18). The Hall–Kier alpha value is -1.95. The molecule has 0 unspecified atom stereocenters. The number of thioether (sulfide) groups is 1. The monoisotopic (exact) mass is 278 g/mol. The van der Waals surface area contributed by atoms with Gasteiger partial charge in [-0.25, -0.2) is 19.2 Å². The Labute approximate surface area is 113 Å². The van der Waals surface area contributed by atoms with E-state index in [0.29, 0.717) is 22.0 Å². The van der Waals surface area contributed by atoms with Crippen molar-refractivity contribution >= 4 is 17.7 Å². The maximum Gasteiger partial charge on any atom is 0.339 e. The van der Waals surface area contributed by atoms with Crippen LogP contribution >= 0.6 is 11.8 Å². The average Bonchev–Trinajstić information content (AvgIpc) is 2.38. The first kappa shape index (κ1) is 13.5. The van der Waals surface area contributed by atoms with Gasteiger partial charge >= 0.3 is 5.97 Å². The lowest BCUT2D eigenvalue weighted by Crippen LogP contribution is -2.05. The summed E-state index contributed by atoms with van der Waals surface area (Å²) in [5, 5.41) is 9.65. The predicted molar refractivity (Wildman–Crippen MR) is 70.9 cm³/mol. The van der Waals surface area contributed by atoms with Crippen molar-refractivity contribution in [1.29, 1.82) is 0 Å². The molecule has 6 heteroatoms. The number of hydrogen-bond acceptors (Lipinski definition) is 4. The van der Waals surface area contributed by atoms with Gasteiger partial charge in [0.25, 0.3) is 0 Å². The maximum absolute atomic E-state index is 13.1. The van der Waals surface area contributed by atoms with E-state index in [9.17, 15) is 14.3 Å². The van der Waals surface area contributed by atoms with Gasteiger partial charge in [-0.3, -0.25) is 0 Å². The average molecular weight is 278 g/mol. The number of hydrogen-bond donors (Lipinski definition) is 1. The molecule has 1 heterocycles. The van der Waals surface area contributed by atoms with Crippen molar-refractivity contribution < 1.29 is 14.3 Å². The molecule has 0 amide bonds.